The minimum atomic E-state index is -0.423. The molecule has 0 aliphatic heterocycles. The second kappa shape index (κ2) is 12.4. The number of hydrogen-bond donors (Lipinski definition) is 2. The van der Waals surface area contributed by atoms with Gasteiger partial charge in [0.05, 0.1) is 29.1 Å². The van der Waals surface area contributed by atoms with Gasteiger partial charge in [0.25, 0.3) is 0 Å². The number of H-pyrrole nitrogens is 1. The lowest BCUT2D eigenvalue weighted by Crippen LogP contribution is -2.31. The van der Waals surface area contributed by atoms with Gasteiger partial charge >= 0.3 is 5.97 Å². The van der Waals surface area contributed by atoms with Crippen molar-refractivity contribution in [3.63, 3.8) is 0 Å². The van der Waals surface area contributed by atoms with Crippen molar-refractivity contribution in [2.45, 2.75) is 20.3 Å². The predicted octanol–water partition coefficient (Wildman–Crippen LogP) is 5.52. The van der Waals surface area contributed by atoms with E-state index in [1.165, 1.54) is 0 Å². The molecule has 39 heavy (non-hydrogen) atoms. The van der Waals surface area contributed by atoms with Crippen LogP contribution < -0.4 is 4.90 Å². The first-order valence-electron chi connectivity index (χ1n) is 13.0. The van der Waals surface area contributed by atoms with Crippen molar-refractivity contribution in [3.8, 4) is 5.88 Å². The van der Waals surface area contributed by atoms with Gasteiger partial charge in [-0.15, -0.1) is 0 Å². The number of rotatable bonds is 10. The molecule has 0 saturated heterocycles. The molecule has 3 aromatic carbocycles. The smallest absolute Gasteiger partial charge is 0.338 e. The standard InChI is InChI=1S/C31H34N4O4/c1-5-39-31(38)23-12-17-26-27(20-23)33-30(37)28(26)29(22-10-7-6-8-11-22)32-24-13-15-25(16-14-24)35(21(2)36)19-9-18-34(3)4/h6-8,10-17,20,33,37H,5,9,18-19H2,1-4H3. The lowest BCUT2D eigenvalue weighted by atomic mass is 10.00. The molecule has 4 rings (SSSR count). The first kappa shape index (κ1) is 27.6. The largest absolute Gasteiger partial charge is 0.494 e. The lowest BCUT2D eigenvalue weighted by Gasteiger charge is -2.22. The first-order chi connectivity index (χ1) is 18.8. The fraction of sp³-hybridized carbons (Fsp3) is 0.258. The SMILES string of the molecule is CCOC(=O)c1ccc2c(C(=Nc3ccc(N(CCCN(C)C)C(C)=O)cc3)c3ccccc3)c(O)[nH]c2c1. The average Bonchev–Trinajstić information content (AvgIpc) is 3.25. The maximum atomic E-state index is 12.3. The molecule has 0 aliphatic carbocycles. The molecule has 0 radical (unpaired) electrons. The van der Waals surface area contributed by atoms with Crippen LogP contribution in [0.5, 0.6) is 5.88 Å². The summed E-state index contributed by atoms with van der Waals surface area (Å²) >= 11 is 0. The van der Waals surface area contributed by atoms with Crippen LogP contribution >= 0.6 is 0 Å². The third-order valence-electron chi connectivity index (χ3n) is 6.34. The predicted molar refractivity (Wildman–Crippen MR) is 155 cm³/mol. The van der Waals surface area contributed by atoms with Crippen molar-refractivity contribution < 1.29 is 19.4 Å². The van der Waals surface area contributed by atoms with E-state index in [4.69, 9.17) is 9.73 Å². The maximum Gasteiger partial charge on any atom is 0.338 e. The number of carbonyl (C=O) groups excluding carboxylic acids is 2. The van der Waals surface area contributed by atoms with Gasteiger partial charge in [-0.25, -0.2) is 9.79 Å². The average molecular weight is 527 g/mol. The van der Waals surface area contributed by atoms with Gasteiger partial charge in [-0.05, 0) is 70.4 Å². The number of carbonyl (C=O) groups is 2. The summed E-state index contributed by atoms with van der Waals surface area (Å²) in [7, 11) is 4.03. The van der Waals surface area contributed by atoms with Gasteiger partial charge in [0.2, 0.25) is 5.91 Å². The summed E-state index contributed by atoms with van der Waals surface area (Å²) in [6, 6.07) is 22.3. The number of fused-ring (bicyclic) bond motifs is 1. The molecule has 202 valence electrons. The molecule has 8 nitrogen and oxygen atoms in total. The Bertz CT molecular complexity index is 1470. The molecule has 0 unspecified atom stereocenters. The van der Waals surface area contributed by atoms with Gasteiger partial charge in [-0.2, -0.15) is 0 Å². The van der Waals surface area contributed by atoms with E-state index in [1.54, 1.807) is 36.9 Å². The quantitative estimate of drug-likeness (QED) is 0.209. The lowest BCUT2D eigenvalue weighted by molar-refractivity contribution is -0.116. The van der Waals surface area contributed by atoms with Gasteiger partial charge < -0.3 is 24.6 Å². The number of aliphatic imine (C=N–C) groups is 1. The summed E-state index contributed by atoms with van der Waals surface area (Å²) in [6.07, 6.45) is 0.863. The third kappa shape index (κ3) is 6.53. The number of benzene rings is 3. The normalized spacial score (nSPS) is 11.7. The Morgan fingerprint density at radius 1 is 0.949 bits per heavy atom. The van der Waals surface area contributed by atoms with Crippen LogP contribution in [0.1, 0.15) is 41.8 Å². The van der Waals surface area contributed by atoms with Crippen molar-refractivity contribution in [2.24, 2.45) is 4.99 Å². The minimum Gasteiger partial charge on any atom is -0.494 e. The van der Waals surface area contributed by atoms with E-state index >= 15 is 0 Å². The van der Waals surface area contributed by atoms with Crippen molar-refractivity contribution in [2.75, 3.05) is 38.7 Å². The molecule has 1 aromatic heterocycles. The van der Waals surface area contributed by atoms with E-state index in [9.17, 15) is 14.7 Å². The Hall–Kier alpha value is -4.43. The van der Waals surface area contributed by atoms with E-state index < -0.39 is 5.97 Å². The van der Waals surface area contributed by atoms with Crippen LogP contribution in [0.3, 0.4) is 0 Å². The molecule has 0 atom stereocenters. The van der Waals surface area contributed by atoms with Gasteiger partial charge in [0.1, 0.15) is 0 Å². The van der Waals surface area contributed by atoms with Crippen LogP contribution in [0.15, 0.2) is 77.8 Å². The summed E-state index contributed by atoms with van der Waals surface area (Å²) in [5.41, 5.74) is 4.40. The first-order valence-corrected chi connectivity index (χ1v) is 13.0. The molecule has 4 aromatic rings. The van der Waals surface area contributed by atoms with Crippen LogP contribution in [0, 0.1) is 0 Å². The number of ether oxygens (including phenoxy) is 1. The fourth-order valence-electron chi connectivity index (χ4n) is 4.47. The molecule has 0 spiro atoms. The molecular weight excluding hydrogens is 492 g/mol. The van der Waals surface area contributed by atoms with Crippen LogP contribution in [0.25, 0.3) is 10.9 Å². The van der Waals surface area contributed by atoms with E-state index in [2.05, 4.69) is 9.88 Å². The highest BCUT2D eigenvalue weighted by molar-refractivity contribution is 6.22. The zero-order valence-corrected chi connectivity index (χ0v) is 22.8. The van der Waals surface area contributed by atoms with E-state index in [1.807, 2.05) is 68.7 Å². The second-order valence-electron chi connectivity index (χ2n) is 9.50. The van der Waals surface area contributed by atoms with Crippen LogP contribution in [-0.4, -0.2) is 66.4 Å². The van der Waals surface area contributed by atoms with E-state index in [-0.39, 0.29) is 18.4 Å². The molecule has 2 N–H and O–H groups in total. The van der Waals surface area contributed by atoms with Gasteiger partial charge in [0.15, 0.2) is 5.88 Å². The Morgan fingerprint density at radius 3 is 2.31 bits per heavy atom. The molecule has 1 amide bonds. The summed E-state index contributed by atoms with van der Waals surface area (Å²) < 4.78 is 5.12. The van der Waals surface area contributed by atoms with Crippen molar-refractivity contribution in [1.82, 2.24) is 9.88 Å². The second-order valence-corrected chi connectivity index (χ2v) is 9.50. The third-order valence-corrected chi connectivity index (χ3v) is 6.34. The number of aromatic hydroxyl groups is 1. The van der Waals surface area contributed by atoms with E-state index in [0.29, 0.717) is 34.6 Å². The zero-order valence-electron chi connectivity index (χ0n) is 22.8. The number of nitrogens with one attached hydrogen (secondary N) is 1. The van der Waals surface area contributed by atoms with E-state index in [0.717, 1.165) is 29.6 Å². The summed E-state index contributed by atoms with van der Waals surface area (Å²) in [4.78, 5) is 36.3. The van der Waals surface area contributed by atoms with Crippen LogP contribution in [0.4, 0.5) is 11.4 Å². The molecule has 0 aliphatic rings. The number of hydrogen-bond acceptors (Lipinski definition) is 6. The Morgan fingerprint density at radius 2 is 1.67 bits per heavy atom. The molecule has 0 fully saturated rings. The Balaban J connectivity index is 1.73. The Labute approximate surface area is 228 Å². The van der Waals surface area contributed by atoms with Crippen LogP contribution in [-0.2, 0) is 9.53 Å². The Kier molecular flexibility index (Phi) is 8.78. The van der Waals surface area contributed by atoms with Crippen molar-refractivity contribution in [3.05, 3.63) is 89.5 Å². The molecule has 8 heteroatoms. The highest BCUT2D eigenvalue weighted by Crippen LogP contribution is 2.32. The van der Waals surface area contributed by atoms with Crippen molar-refractivity contribution in [1.29, 1.82) is 0 Å². The van der Waals surface area contributed by atoms with Gasteiger partial charge in [-0.3, -0.25) is 4.79 Å². The number of nitrogens with zero attached hydrogens (tertiary/aromatic N) is 3. The fourth-order valence-corrected chi connectivity index (χ4v) is 4.47. The molecule has 0 bridgehead atoms. The van der Waals surface area contributed by atoms with Crippen molar-refractivity contribution >= 4 is 39.9 Å². The molecule has 0 saturated carbocycles. The number of anilines is 1. The summed E-state index contributed by atoms with van der Waals surface area (Å²) in [5, 5.41) is 11.7. The van der Waals surface area contributed by atoms with Gasteiger partial charge in [-0.1, -0.05) is 36.4 Å². The summed E-state index contributed by atoms with van der Waals surface area (Å²) in [6.45, 7) is 5.13. The summed E-state index contributed by atoms with van der Waals surface area (Å²) in [5.74, 6) is -0.483. The topological polar surface area (TPSA) is 98.2 Å². The molecule has 1 heterocycles. The number of esters is 1. The number of aromatic nitrogens is 1. The monoisotopic (exact) mass is 526 g/mol. The number of amides is 1. The van der Waals surface area contributed by atoms with Gasteiger partial charge in [0, 0.05) is 35.6 Å². The zero-order chi connectivity index (χ0) is 27.9. The molecular formula is C31H34N4O4. The minimum absolute atomic E-state index is 0.0131. The highest BCUT2D eigenvalue weighted by atomic mass is 16.5. The number of aromatic amines is 1. The van der Waals surface area contributed by atoms with Crippen LogP contribution in [0.2, 0.25) is 0 Å². The maximum absolute atomic E-state index is 12.3. The highest BCUT2D eigenvalue weighted by Gasteiger charge is 2.20.